The summed E-state index contributed by atoms with van der Waals surface area (Å²) in [5.41, 5.74) is -1.19. The maximum absolute atomic E-state index is 12.2. The lowest BCUT2D eigenvalue weighted by molar-refractivity contribution is 0.0269. The van der Waals surface area contributed by atoms with E-state index in [1.165, 1.54) is 11.6 Å². The van der Waals surface area contributed by atoms with E-state index in [2.05, 4.69) is 4.90 Å². The molecule has 1 aromatic rings. The highest BCUT2D eigenvalue weighted by Gasteiger charge is 2.28. The predicted molar refractivity (Wildman–Crippen MR) is 95.8 cm³/mol. The van der Waals surface area contributed by atoms with Crippen molar-refractivity contribution in [1.29, 1.82) is 5.26 Å². The van der Waals surface area contributed by atoms with Crippen LogP contribution in [0.3, 0.4) is 0 Å². The van der Waals surface area contributed by atoms with Crippen LogP contribution in [0, 0.1) is 16.7 Å². The average molecular weight is 349 g/mol. The number of nitrogens with zero attached hydrogens (tertiary/aromatic N) is 5. The zero-order valence-electron chi connectivity index (χ0n) is 15.6. The predicted octanol–water partition coefficient (Wildman–Crippen LogP) is -0.515. The van der Waals surface area contributed by atoms with E-state index in [4.69, 9.17) is 0 Å². The van der Waals surface area contributed by atoms with Crippen LogP contribution in [0.1, 0.15) is 26.3 Å². The number of hydrogen-bond donors (Lipinski definition) is 1. The molecule has 2 heterocycles. The third-order valence-electron chi connectivity index (χ3n) is 4.85. The smallest absolute Gasteiger partial charge is 0.332 e. The van der Waals surface area contributed by atoms with Gasteiger partial charge in [-0.1, -0.05) is 20.8 Å². The molecule has 138 valence electrons. The maximum Gasteiger partial charge on any atom is 0.332 e. The molecule has 0 radical (unpaired) electrons. The minimum atomic E-state index is -0.564. The summed E-state index contributed by atoms with van der Waals surface area (Å²) < 4.78 is 2.32. The minimum absolute atomic E-state index is 0.00669. The first kappa shape index (κ1) is 19.2. The summed E-state index contributed by atoms with van der Waals surface area (Å²) in [5.74, 6) is 0.381. The monoisotopic (exact) mass is 349 g/mol. The number of aromatic nitrogens is 2. The summed E-state index contributed by atoms with van der Waals surface area (Å²) in [7, 11) is 2.95. The van der Waals surface area contributed by atoms with Crippen molar-refractivity contribution >= 4 is 5.82 Å². The van der Waals surface area contributed by atoms with E-state index in [1.807, 2.05) is 31.7 Å². The Labute approximate surface area is 147 Å². The number of nitriles is 1. The van der Waals surface area contributed by atoms with Crippen LogP contribution < -0.4 is 16.1 Å². The standard InChI is InChI=1S/C17H27N5O3/c1-17(2,3)13(23)11-21-6-8-22(9-7-21)14-12(10-18)15(24)20(5)16(25)19(14)4/h13,23H,6-9,11H2,1-5H3/t13-/m1/s1. The molecule has 1 aliphatic heterocycles. The summed E-state index contributed by atoms with van der Waals surface area (Å²) in [6, 6.07) is 1.95. The third kappa shape index (κ3) is 3.78. The highest BCUT2D eigenvalue weighted by atomic mass is 16.3. The molecule has 0 aromatic carbocycles. The quantitative estimate of drug-likeness (QED) is 0.789. The Bertz CT molecular complexity index is 789. The van der Waals surface area contributed by atoms with Crippen LogP contribution in [-0.4, -0.2) is 58.0 Å². The van der Waals surface area contributed by atoms with E-state index < -0.39 is 17.4 Å². The first-order valence-electron chi connectivity index (χ1n) is 8.43. The summed E-state index contributed by atoms with van der Waals surface area (Å²) in [4.78, 5) is 28.5. The molecule has 0 aliphatic carbocycles. The first-order valence-corrected chi connectivity index (χ1v) is 8.43. The van der Waals surface area contributed by atoms with Gasteiger partial charge in [-0.2, -0.15) is 5.26 Å². The van der Waals surface area contributed by atoms with Crippen molar-refractivity contribution in [2.45, 2.75) is 26.9 Å². The van der Waals surface area contributed by atoms with Crippen LogP contribution in [0.4, 0.5) is 5.82 Å². The molecule has 1 fully saturated rings. The lowest BCUT2D eigenvalue weighted by Gasteiger charge is -2.39. The topological polar surface area (TPSA) is 94.5 Å². The van der Waals surface area contributed by atoms with Gasteiger partial charge in [0.25, 0.3) is 5.56 Å². The number of hydrogen-bond acceptors (Lipinski definition) is 6. The van der Waals surface area contributed by atoms with Crippen LogP contribution in [0.25, 0.3) is 0 Å². The van der Waals surface area contributed by atoms with Gasteiger partial charge < -0.3 is 10.0 Å². The molecule has 0 amide bonds. The second-order valence-corrected chi connectivity index (χ2v) is 7.69. The molecule has 1 aromatic heterocycles. The van der Waals surface area contributed by atoms with Gasteiger partial charge in [-0.3, -0.25) is 18.8 Å². The molecule has 1 aliphatic rings. The van der Waals surface area contributed by atoms with Gasteiger partial charge in [-0.15, -0.1) is 0 Å². The number of piperazine rings is 1. The molecular formula is C17H27N5O3. The van der Waals surface area contributed by atoms with Crippen molar-refractivity contribution in [3.63, 3.8) is 0 Å². The van der Waals surface area contributed by atoms with Crippen molar-refractivity contribution in [2.75, 3.05) is 37.6 Å². The Morgan fingerprint density at radius 1 is 1.12 bits per heavy atom. The molecule has 0 unspecified atom stereocenters. The molecule has 1 N–H and O–H groups in total. The second kappa shape index (κ2) is 7.02. The lowest BCUT2D eigenvalue weighted by Crippen LogP contribution is -2.52. The molecule has 1 atom stereocenters. The SMILES string of the molecule is Cn1c(N2CCN(C[C@@H](O)C(C)(C)C)CC2)c(C#N)c(=O)n(C)c1=O. The summed E-state index contributed by atoms with van der Waals surface area (Å²) in [6.45, 7) is 9.16. The van der Waals surface area contributed by atoms with Crippen molar-refractivity contribution in [1.82, 2.24) is 14.0 Å². The fourth-order valence-electron chi connectivity index (χ4n) is 2.96. The molecule has 8 nitrogen and oxygen atoms in total. The molecule has 0 bridgehead atoms. The van der Waals surface area contributed by atoms with Crippen LogP contribution in [0.2, 0.25) is 0 Å². The Morgan fingerprint density at radius 2 is 1.68 bits per heavy atom. The molecule has 25 heavy (non-hydrogen) atoms. The third-order valence-corrected chi connectivity index (χ3v) is 4.85. The van der Waals surface area contributed by atoms with Gasteiger partial charge in [0.2, 0.25) is 0 Å². The Kier molecular flexibility index (Phi) is 5.40. The molecular weight excluding hydrogens is 322 g/mol. The lowest BCUT2D eigenvalue weighted by atomic mass is 9.89. The largest absolute Gasteiger partial charge is 0.391 e. The van der Waals surface area contributed by atoms with Gasteiger partial charge in [-0.25, -0.2) is 4.79 Å². The number of aliphatic hydroxyl groups excluding tert-OH is 1. The highest BCUT2D eigenvalue weighted by Crippen LogP contribution is 2.21. The summed E-state index contributed by atoms with van der Waals surface area (Å²) in [5, 5.41) is 19.6. The molecule has 2 rings (SSSR count). The fraction of sp³-hybridized carbons (Fsp3) is 0.706. The van der Waals surface area contributed by atoms with Crippen LogP contribution in [0.5, 0.6) is 0 Å². The normalized spacial score (nSPS) is 17.4. The fourth-order valence-corrected chi connectivity index (χ4v) is 2.96. The van der Waals surface area contributed by atoms with Gasteiger partial charge in [-0.05, 0) is 5.41 Å². The van der Waals surface area contributed by atoms with Crippen LogP contribution in [-0.2, 0) is 14.1 Å². The summed E-state index contributed by atoms with van der Waals surface area (Å²) >= 11 is 0. The average Bonchev–Trinajstić information content (AvgIpc) is 2.56. The first-order chi connectivity index (χ1) is 11.6. The number of rotatable bonds is 3. The molecule has 0 saturated carbocycles. The van der Waals surface area contributed by atoms with E-state index in [0.717, 1.165) is 4.57 Å². The minimum Gasteiger partial charge on any atom is -0.391 e. The van der Waals surface area contributed by atoms with Crippen molar-refractivity contribution in [2.24, 2.45) is 19.5 Å². The van der Waals surface area contributed by atoms with Crippen LogP contribution in [0.15, 0.2) is 9.59 Å². The van der Waals surface area contributed by atoms with Crippen molar-refractivity contribution in [3.05, 3.63) is 26.4 Å². The van der Waals surface area contributed by atoms with Gasteiger partial charge in [0.15, 0.2) is 5.56 Å². The van der Waals surface area contributed by atoms with E-state index >= 15 is 0 Å². The zero-order valence-corrected chi connectivity index (χ0v) is 15.6. The highest BCUT2D eigenvalue weighted by molar-refractivity contribution is 5.53. The van der Waals surface area contributed by atoms with E-state index in [-0.39, 0.29) is 11.0 Å². The number of anilines is 1. The second-order valence-electron chi connectivity index (χ2n) is 7.69. The van der Waals surface area contributed by atoms with Gasteiger partial charge in [0, 0.05) is 46.8 Å². The Hall–Kier alpha value is -2.11. The maximum atomic E-state index is 12.2. The molecule has 1 saturated heterocycles. The van der Waals surface area contributed by atoms with E-state index in [1.54, 1.807) is 7.05 Å². The van der Waals surface area contributed by atoms with Crippen LogP contribution >= 0.6 is 0 Å². The molecule has 0 spiro atoms. The van der Waals surface area contributed by atoms with E-state index in [9.17, 15) is 20.0 Å². The Balaban J connectivity index is 2.21. The van der Waals surface area contributed by atoms with Crippen molar-refractivity contribution in [3.8, 4) is 6.07 Å². The summed E-state index contributed by atoms with van der Waals surface area (Å²) in [6.07, 6.45) is -0.429. The number of β-amino-alcohol motifs (C(OH)–C–C–N with tert-alkyl or cyclic N) is 1. The van der Waals surface area contributed by atoms with E-state index in [0.29, 0.717) is 38.5 Å². The zero-order chi connectivity index (χ0) is 18.9. The number of aliphatic hydroxyl groups is 1. The Morgan fingerprint density at radius 3 is 2.16 bits per heavy atom. The molecule has 8 heteroatoms. The van der Waals surface area contributed by atoms with Gasteiger partial charge in [0.1, 0.15) is 11.9 Å². The van der Waals surface area contributed by atoms with Gasteiger partial charge >= 0.3 is 5.69 Å². The van der Waals surface area contributed by atoms with Gasteiger partial charge in [0.05, 0.1) is 6.10 Å². The van der Waals surface area contributed by atoms with Crippen molar-refractivity contribution < 1.29 is 5.11 Å².